The van der Waals surface area contributed by atoms with Gasteiger partial charge in [0.25, 0.3) is 0 Å². The SMILES string of the molecule is CCC1CN(C(CN)c2cnn(C)c2)CCO1. The van der Waals surface area contributed by atoms with Gasteiger partial charge < -0.3 is 10.5 Å². The number of hydrogen-bond donors (Lipinski definition) is 1. The van der Waals surface area contributed by atoms with Crippen LogP contribution in [0.15, 0.2) is 12.4 Å². The summed E-state index contributed by atoms with van der Waals surface area (Å²) in [5, 5.41) is 4.22. The Morgan fingerprint density at radius 1 is 1.65 bits per heavy atom. The average molecular weight is 238 g/mol. The van der Waals surface area contributed by atoms with Gasteiger partial charge in [-0.15, -0.1) is 0 Å². The van der Waals surface area contributed by atoms with E-state index in [4.69, 9.17) is 10.5 Å². The Kier molecular flexibility index (Phi) is 4.15. The molecule has 0 spiro atoms. The number of nitrogens with two attached hydrogens (primary N) is 1. The fourth-order valence-corrected chi connectivity index (χ4v) is 2.38. The van der Waals surface area contributed by atoms with Gasteiger partial charge in [-0.2, -0.15) is 5.10 Å². The van der Waals surface area contributed by atoms with Crippen molar-refractivity contribution >= 4 is 0 Å². The van der Waals surface area contributed by atoms with Gasteiger partial charge in [-0.3, -0.25) is 9.58 Å². The van der Waals surface area contributed by atoms with Crippen molar-refractivity contribution in [3.63, 3.8) is 0 Å². The molecule has 2 unspecified atom stereocenters. The molecule has 0 aromatic carbocycles. The van der Waals surface area contributed by atoms with Gasteiger partial charge in [-0.25, -0.2) is 0 Å². The Labute approximate surface area is 103 Å². The molecular formula is C12H22N4O. The molecule has 1 saturated heterocycles. The van der Waals surface area contributed by atoms with E-state index in [-0.39, 0.29) is 6.04 Å². The van der Waals surface area contributed by atoms with Gasteiger partial charge in [0.05, 0.1) is 24.9 Å². The summed E-state index contributed by atoms with van der Waals surface area (Å²) in [5.41, 5.74) is 7.11. The van der Waals surface area contributed by atoms with E-state index >= 15 is 0 Å². The lowest BCUT2D eigenvalue weighted by Gasteiger charge is -2.37. The van der Waals surface area contributed by atoms with Crippen LogP contribution < -0.4 is 5.73 Å². The van der Waals surface area contributed by atoms with Crippen molar-refractivity contribution in [2.45, 2.75) is 25.5 Å². The Morgan fingerprint density at radius 3 is 3.06 bits per heavy atom. The summed E-state index contributed by atoms with van der Waals surface area (Å²) >= 11 is 0. The highest BCUT2D eigenvalue weighted by Crippen LogP contribution is 2.22. The van der Waals surface area contributed by atoms with Gasteiger partial charge in [0.2, 0.25) is 0 Å². The molecule has 0 bridgehead atoms. The predicted molar refractivity (Wildman–Crippen MR) is 66.6 cm³/mol. The molecular weight excluding hydrogens is 216 g/mol. The zero-order chi connectivity index (χ0) is 12.3. The third-order valence-corrected chi connectivity index (χ3v) is 3.40. The first-order chi connectivity index (χ1) is 8.24. The third-order valence-electron chi connectivity index (χ3n) is 3.40. The van der Waals surface area contributed by atoms with Crippen LogP contribution in [0.2, 0.25) is 0 Å². The van der Waals surface area contributed by atoms with Crippen LogP contribution in [0.5, 0.6) is 0 Å². The first kappa shape index (κ1) is 12.5. The van der Waals surface area contributed by atoms with Gasteiger partial charge in [-0.1, -0.05) is 6.92 Å². The molecule has 1 aromatic rings. The number of ether oxygens (including phenoxy) is 1. The molecule has 1 aromatic heterocycles. The van der Waals surface area contributed by atoms with Crippen LogP contribution in [0, 0.1) is 0 Å². The van der Waals surface area contributed by atoms with Crippen molar-refractivity contribution in [1.82, 2.24) is 14.7 Å². The Hall–Kier alpha value is -0.910. The van der Waals surface area contributed by atoms with Crippen molar-refractivity contribution < 1.29 is 4.74 Å². The standard InChI is InChI=1S/C12H22N4O/c1-3-11-9-16(4-5-17-11)12(6-13)10-7-14-15(2)8-10/h7-8,11-12H,3-6,9,13H2,1-2H3. The van der Waals surface area contributed by atoms with Gasteiger partial charge >= 0.3 is 0 Å². The molecule has 2 atom stereocenters. The van der Waals surface area contributed by atoms with E-state index in [9.17, 15) is 0 Å². The predicted octanol–water partition coefficient (Wildman–Crippen LogP) is 0.531. The van der Waals surface area contributed by atoms with Gasteiger partial charge in [0.1, 0.15) is 0 Å². The van der Waals surface area contributed by atoms with Crippen LogP contribution in [0.25, 0.3) is 0 Å². The second-order valence-electron chi connectivity index (χ2n) is 4.59. The van der Waals surface area contributed by atoms with Crippen LogP contribution in [-0.2, 0) is 11.8 Å². The molecule has 1 aliphatic heterocycles. The maximum atomic E-state index is 5.91. The Morgan fingerprint density at radius 2 is 2.47 bits per heavy atom. The largest absolute Gasteiger partial charge is 0.376 e. The topological polar surface area (TPSA) is 56.3 Å². The summed E-state index contributed by atoms with van der Waals surface area (Å²) in [6, 6.07) is 0.265. The lowest BCUT2D eigenvalue weighted by molar-refractivity contribution is -0.0437. The molecule has 0 amide bonds. The number of aromatic nitrogens is 2. The molecule has 96 valence electrons. The summed E-state index contributed by atoms with van der Waals surface area (Å²) in [7, 11) is 1.94. The lowest BCUT2D eigenvalue weighted by Crippen LogP contribution is -2.45. The number of nitrogens with zero attached hydrogens (tertiary/aromatic N) is 3. The first-order valence-corrected chi connectivity index (χ1v) is 6.28. The minimum Gasteiger partial charge on any atom is -0.376 e. The molecule has 0 aliphatic carbocycles. The fraction of sp³-hybridized carbons (Fsp3) is 0.750. The van der Waals surface area contributed by atoms with Gasteiger partial charge in [0.15, 0.2) is 0 Å². The normalized spacial score (nSPS) is 23.8. The highest BCUT2D eigenvalue weighted by atomic mass is 16.5. The van der Waals surface area contributed by atoms with Crippen molar-refractivity contribution in [2.75, 3.05) is 26.2 Å². The molecule has 2 N–H and O–H groups in total. The lowest BCUT2D eigenvalue weighted by atomic mass is 10.1. The van der Waals surface area contributed by atoms with Gasteiger partial charge in [-0.05, 0) is 6.42 Å². The van der Waals surface area contributed by atoms with E-state index in [1.165, 1.54) is 5.56 Å². The third kappa shape index (κ3) is 2.86. The number of aryl methyl sites for hydroxylation is 1. The fourth-order valence-electron chi connectivity index (χ4n) is 2.38. The summed E-state index contributed by atoms with van der Waals surface area (Å²) in [6.45, 7) is 5.51. The quantitative estimate of drug-likeness (QED) is 0.831. The zero-order valence-corrected chi connectivity index (χ0v) is 10.7. The van der Waals surface area contributed by atoms with Crippen LogP contribution >= 0.6 is 0 Å². The summed E-state index contributed by atoms with van der Waals surface area (Å²) in [5.74, 6) is 0. The van der Waals surface area contributed by atoms with Crippen LogP contribution in [0.3, 0.4) is 0 Å². The highest BCUT2D eigenvalue weighted by Gasteiger charge is 2.26. The maximum Gasteiger partial charge on any atom is 0.0700 e. The van der Waals surface area contributed by atoms with Crippen LogP contribution in [0.4, 0.5) is 0 Å². The second-order valence-corrected chi connectivity index (χ2v) is 4.59. The molecule has 5 nitrogen and oxygen atoms in total. The molecule has 0 saturated carbocycles. The molecule has 1 fully saturated rings. The number of hydrogen-bond acceptors (Lipinski definition) is 4. The van der Waals surface area contributed by atoms with E-state index < -0.39 is 0 Å². The summed E-state index contributed by atoms with van der Waals surface area (Å²) < 4.78 is 7.52. The van der Waals surface area contributed by atoms with E-state index in [0.717, 1.165) is 26.1 Å². The summed E-state index contributed by atoms with van der Waals surface area (Å²) in [4.78, 5) is 2.41. The highest BCUT2D eigenvalue weighted by molar-refractivity contribution is 5.11. The second kappa shape index (κ2) is 5.62. The molecule has 5 heteroatoms. The van der Waals surface area contributed by atoms with Crippen molar-refractivity contribution in [1.29, 1.82) is 0 Å². The molecule has 2 heterocycles. The van der Waals surface area contributed by atoms with E-state index in [2.05, 4.69) is 16.9 Å². The maximum absolute atomic E-state index is 5.91. The van der Waals surface area contributed by atoms with Crippen LogP contribution in [0.1, 0.15) is 24.9 Å². The molecule has 0 radical (unpaired) electrons. The van der Waals surface area contributed by atoms with Crippen molar-refractivity contribution in [2.24, 2.45) is 12.8 Å². The Bertz CT molecular complexity index is 352. The monoisotopic (exact) mass is 238 g/mol. The molecule has 1 aliphatic rings. The Balaban J connectivity index is 2.07. The number of rotatable bonds is 4. The molecule has 17 heavy (non-hydrogen) atoms. The smallest absolute Gasteiger partial charge is 0.0700 e. The first-order valence-electron chi connectivity index (χ1n) is 6.28. The average Bonchev–Trinajstić information content (AvgIpc) is 2.77. The van der Waals surface area contributed by atoms with E-state index in [0.29, 0.717) is 12.6 Å². The van der Waals surface area contributed by atoms with Crippen LogP contribution in [-0.4, -0.2) is 47.0 Å². The van der Waals surface area contributed by atoms with Crippen molar-refractivity contribution in [3.05, 3.63) is 18.0 Å². The van der Waals surface area contributed by atoms with E-state index in [1.807, 2.05) is 24.1 Å². The zero-order valence-electron chi connectivity index (χ0n) is 10.7. The van der Waals surface area contributed by atoms with E-state index in [1.54, 1.807) is 0 Å². The van der Waals surface area contributed by atoms with Crippen molar-refractivity contribution in [3.8, 4) is 0 Å². The molecule has 2 rings (SSSR count). The van der Waals surface area contributed by atoms with Gasteiger partial charge in [0, 0.05) is 38.4 Å². The minimum atomic E-state index is 0.265. The summed E-state index contributed by atoms with van der Waals surface area (Å²) in [6.07, 6.45) is 5.36. The minimum absolute atomic E-state index is 0.265. The number of morpholine rings is 1.